The highest BCUT2D eigenvalue weighted by Gasteiger charge is 2.45. The van der Waals surface area contributed by atoms with E-state index in [1.165, 1.54) is 24.4 Å². The summed E-state index contributed by atoms with van der Waals surface area (Å²) in [4.78, 5) is 25.6. The van der Waals surface area contributed by atoms with Gasteiger partial charge < -0.3 is 35.2 Å². The van der Waals surface area contributed by atoms with Crippen LogP contribution in [0, 0.1) is 5.82 Å². The van der Waals surface area contributed by atoms with Crippen LogP contribution < -0.4 is 10.1 Å². The highest BCUT2D eigenvalue weighted by Crippen LogP contribution is 2.27. The van der Waals surface area contributed by atoms with Crippen molar-refractivity contribution in [2.24, 2.45) is 0 Å². The molecule has 42 heavy (non-hydrogen) atoms. The first-order chi connectivity index (χ1) is 19.8. The molecule has 1 aliphatic heterocycles. The van der Waals surface area contributed by atoms with E-state index in [2.05, 4.69) is 25.0 Å². The van der Waals surface area contributed by atoms with Gasteiger partial charge in [-0.1, -0.05) is 0 Å². The number of carbonyl (C=O) groups is 1. The first-order valence-corrected chi connectivity index (χ1v) is 13.4. The van der Waals surface area contributed by atoms with Crippen molar-refractivity contribution in [2.45, 2.75) is 35.2 Å². The number of nitrogens with zero attached hydrogens (tertiary/aromatic N) is 3. The Morgan fingerprint density at radius 3 is 2.60 bits per heavy atom. The number of ether oxygens (including phenoxy) is 2. The summed E-state index contributed by atoms with van der Waals surface area (Å²) in [7, 11) is 2.65. The van der Waals surface area contributed by atoms with Crippen molar-refractivity contribution in [1.82, 2.24) is 20.3 Å². The number of amides is 1. The minimum atomic E-state index is -3.51. The number of alkyl halides is 1. The average molecular weight is 598 g/mol. The number of halogens is 2. The van der Waals surface area contributed by atoms with Gasteiger partial charge in [0.2, 0.25) is 11.2 Å². The molecule has 0 aliphatic carbocycles. The summed E-state index contributed by atoms with van der Waals surface area (Å²) in [6.07, 6.45) is 2.62. The van der Waals surface area contributed by atoms with Gasteiger partial charge in [0.05, 0.1) is 64.2 Å². The topological polar surface area (TPSA) is 184 Å². The number of fused-ring (bicyclic) bond motifs is 2. The van der Waals surface area contributed by atoms with Gasteiger partial charge in [-0.25, -0.2) is 13.8 Å². The Morgan fingerprint density at radius 1 is 1.12 bits per heavy atom. The minimum Gasteiger partial charge on any atom is -0.434 e. The number of nitrogens with one attached hydrogen (secondary N) is 1. The minimum absolute atomic E-state index is 0.0532. The predicted octanol–water partition coefficient (Wildman–Crippen LogP) is 0.518. The molecule has 2 atom stereocenters. The van der Waals surface area contributed by atoms with E-state index in [1.807, 2.05) is 0 Å². The van der Waals surface area contributed by atoms with Gasteiger partial charge in [0, 0.05) is 22.7 Å². The van der Waals surface area contributed by atoms with Crippen molar-refractivity contribution in [1.29, 1.82) is 0 Å². The molecule has 12 nitrogen and oxygen atoms in total. The maximum Gasteiger partial charge on any atom is 0.368 e. The Kier molecular flexibility index (Phi) is 8.02. The molecule has 5 rings (SSSR count). The molecule has 4 aromatic rings. The third-order valence-corrected chi connectivity index (χ3v) is 7.56. The van der Waals surface area contributed by atoms with E-state index in [4.69, 9.17) is 12.6 Å². The molecule has 1 amide bonds. The standard InChI is InChI=1S/C26H21BF2N4O8S/c27-25(35,36)26(37,38)41-16-2-4-19(31-10-16)20-3-1-13-8-30-15(7-21(13)33-20)9-32-24(34)14-5-18(28)17-11-40-12-23(29)42(39)22(17)6-14/h1-8,10,23,35-38H,9,11-12H2,(H,32,34). The maximum absolute atomic E-state index is 14.6. The van der Waals surface area contributed by atoms with Crippen molar-refractivity contribution in [3.05, 3.63) is 77.5 Å². The lowest BCUT2D eigenvalue weighted by Crippen LogP contribution is -2.58. The molecule has 1 aromatic carbocycles. The molecule has 1 aliphatic rings. The monoisotopic (exact) mass is 598 g/mol. The quantitative estimate of drug-likeness (QED) is 0.148. The molecular formula is C26H21BF2N4O8S. The fourth-order valence-corrected chi connectivity index (χ4v) is 5.05. The van der Waals surface area contributed by atoms with E-state index < -0.39 is 46.3 Å². The highest BCUT2D eigenvalue weighted by molar-refractivity contribution is 7.85. The van der Waals surface area contributed by atoms with Crippen LogP contribution in [0.4, 0.5) is 8.78 Å². The Labute approximate surface area is 239 Å². The zero-order chi connectivity index (χ0) is 30.2. The lowest BCUT2D eigenvalue weighted by molar-refractivity contribution is -0.401. The van der Waals surface area contributed by atoms with Gasteiger partial charge in [0.15, 0.2) is 7.85 Å². The summed E-state index contributed by atoms with van der Waals surface area (Å²) in [5, 5.41) is 40.7. The lowest BCUT2D eigenvalue weighted by atomic mass is 9.92. The number of carbonyl (C=O) groups excluding carboxylic acids is 1. The Morgan fingerprint density at radius 2 is 1.88 bits per heavy atom. The highest BCUT2D eigenvalue weighted by atomic mass is 32.2. The third kappa shape index (κ3) is 6.13. The average Bonchev–Trinajstić information content (AvgIpc) is 3.09. The van der Waals surface area contributed by atoms with Crippen LogP contribution in [0.25, 0.3) is 22.3 Å². The van der Waals surface area contributed by atoms with E-state index in [0.29, 0.717) is 28.0 Å². The SMILES string of the molecule is [B]C(O)(O)C(O)(O)Oc1ccc(-c2ccc3cnc(CNC(=O)c4cc(F)c5c(c4)S(=O)C(F)COC5)cc3n2)nc1. The van der Waals surface area contributed by atoms with Gasteiger partial charge in [-0.15, -0.1) is 0 Å². The summed E-state index contributed by atoms with van der Waals surface area (Å²) >= 11 is 0. The molecule has 0 fully saturated rings. The van der Waals surface area contributed by atoms with Crippen molar-refractivity contribution in [3.63, 3.8) is 0 Å². The molecule has 0 saturated heterocycles. The molecule has 0 saturated carbocycles. The summed E-state index contributed by atoms with van der Waals surface area (Å²) in [6.45, 7) is -0.767. The summed E-state index contributed by atoms with van der Waals surface area (Å²) < 4.78 is 50.7. The number of aliphatic hydroxyl groups is 4. The number of hydrogen-bond acceptors (Lipinski definition) is 11. The zero-order valence-corrected chi connectivity index (χ0v) is 22.2. The second kappa shape index (κ2) is 11.4. The number of pyridine rings is 3. The van der Waals surface area contributed by atoms with Crippen LogP contribution >= 0.6 is 0 Å². The fraction of sp³-hybridized carbons (Fsp3) is 0.231. The first-order valence-electron chi connectivity index (χ1n) is 12.1. The van der Waals surface area contributed by atoms with Gasteiger partial charge in [-0.05, 0) is 42.5 Å². The van der Waals surface area contributed by atoms with E-state index in [9.17, 15) is 38.2 Å². The molecule has 2 unspecified atom stereocenters. The molecule has 3 aromatic heterocycles. The Hall–Kier alpha value is -3.93. The van der Waals surface area contributed by atoms with Crippen molar-refractivity contribution in [2.75, 3.05) is 6.61 Å². The second-order valence-corrected chi connectivity index (χ2v) is 10.8. The van der Waals surface area contributed by atoms with E-state index >= 15 is 0 Å². The van der Waals surface area contributed by atoms with Crippen LogP contribution in [0.1, 0.15) is 21.6 Å². The van der Waals surface area contributed by atoms with Crippen molar-refractivity contribution < 1.29 is 47.7 Å². The van der Waals surface area contributed by atoms with Crippen LogP contribution in [0.5, 0.6) is 5.75 Å². The lowest BCUT2D eigenvalue weighted by Gasteiger charge is -2.31. The van der Waals surface area contributed by atoms with Gasteiger partial charge in [-0.3, -0.25) is 19.0 Å². The number of benzene rings is 1. The third-order valence-electron chi connectivity index (χ3n) is 6.16. The molecule has 16 heteroatoms. The van der Waals surface area contributed by atoms with Crippen LogP contribution in [0.3, 0.4) is 0 Å². The Bertz CT molecular complexity index is 1690. The van der Waals surface area contributed by atoms with Gasteiger partial charge in [-0.2, -0.15) is 0 Å². The van der Waals surface area contributed by atoms with Gasteiger partial charge in [0.25, 0.3) is 5.91 Å². The van der Waals surface area contributed by atoms with Crippen LogP contribution in [-0.4, -0.2) is 77.1 Å². The summed E-state index contributed by atoms with van der Waals surface area (Å²) in [5.74, 6) is -5.25. The number of aromatic nitrogens is 3. The Balaban J connectivity index is 1.31. The first kappa shape index (κ1) is 29.6. The van der Waals surface area contributed by atoms with Crippen LogP contribution in [0.15, 0.2) is 59.8 Å². The maximum atomic E-state index is 14.6. The largest absolute Gasteiger partial charge is 0.434 e. The smallest absolute Gasteiger partial charge is 0.368 e. The van der Waals surface area contributed by atoms with Crippen molar-refractivity contribution in [3.8, 4) is 17.1 Å². The van der Waals surface area contributed by atoms with E-state index in [-0.39, 0.29) is 34.9 Å². The van der Waals surface area contributed by atoms with E-state index in [0.717, 1.165) is 12.3 Å². The second-order valence-electron chi connectivity index (χ2n) is 9.22. The molecule has 0 spiro atoms. The molecule has 2 radical (unpaired) electrons. The molecule has 0 bridgehead atoms. The number of hydrogen-bond donors (Lipinski definition) is 5. The van der Waals surface area contributed by atoms with Gasteiger partial charge >= 0.3 is 5.97 Å². The molecule has 216 valence electrons. The van der Waals surface area contributed by atoms with Crippen LogP contribution in [0.2, 0.25) is 0 Å². The normalized spacial score (nSPS) is 17.4. The number of rotatable bonds is 7. The molecular weight excluding hydrogens is 577 g/mol. The molecule has 4 heterocycles. The summed E-state index contributed by atoms with van der Waals surface area (Å²) in [6, 6.07) is 9.87. The van der Waals surface area contributed by atoms with E-state index in [1.54, 1.807) is 18.2 Å². The van der Waals surface area contributed by atoms with Crippen molar-refractivity contribution >= 4 is 35.5 Å². The van der Waals surface area contributed by atoms with Crippen LogP contribution in [-0.2, 0) is 28.7 Å². The predicted molar refractivity (Wildman–Crippen MR) is 142 cm³/mol. The summed E-state index contributed by atoms with van der Waals surface area (Å²) in [5.41, 5.74) is -3.82. The zero-order valence-electron chi connectivity index (χ0n) is 21.4. The molecule has 5 N–H and O–H groups in total. The van der Waals surface area contributed by atoms with Gasteiger partial charge in [0.1, 0.15) is 11.6 Å². The fourth-order valence-electron chi connectivity index (χ4n) is 3.92.